The van der Waals surface area contributed by atoms with E-state index in [0.29, 0.717) is 28.9 Å². The van der Waals surface area contributed by atoms with Crippen LogP contribution >= 0.6 is 11.6 Å². The molecule has 0 N–H and O–H groups in total. The van der Waals surface area contributed by atoms with Gasteiger partial charge >= 0.3 is 5.97 Å². The number of pyridine rings is 1. The van der Waals surface area contributed by atoms with Gasteiger partial charge in [0, 0.05) is 22.8 Å². The quantitative estimate of drug-likeness (QED) is 0.556. The predicted octanol–water partition coefficient (Wildman–Crippen LogP) is 5.05. The summed E-state index contributed by atoms with van der Waals surface area (Å²) in [5.41, 5.74) is 3.31. The van der Waals surface area contributed by atoms with Crippen molar-refractivity contribution < 1.29 is 14.3 Å². The van der Waals surface area contributed by atoms with E-state index in [4.69, 9.17) is 21.1 Å². The summed E-state index contributed by atoms with van der Waals surface area (Å²) in [5, 5.41) is 1.61. The highest BCUT2D eigenvalue weighted by molar-refractivity contribution is 6.32. The molecule has 0 radical (unpaired) electrons. The molecule has 27 heavy (non-hydrogen) atoms. The van der Waals surface area contributed by atoms with E-state index in [1.165, 1.54) is 12.8 Å². The number of hydrogen-bond donors (Lipinski definition) is 0. The van der Waals surface area contributed by atoms with E-state index in [-0.39, 0.29) is 0 Å². The normalized spacial score (nSPS) is 12.2. The smallest absolute Gasteiger partial charge is 0.356 e. The lowest BCUT2D eigenvalue weighted by molar-refractivity contribution is 0.0592. The van der Waals surface area contributed by atoms with Crippen LogP contribution in [0.2, 0.25) is 5.02 Å². The fourth-order valence-corrected chi connectivity index (χ4v) is 3.49. The number of aromatic nitrogens is 2. The number of ether oxygens (including phenoxy) is 2. The summed E-state index contributed by atoms with van der Waals surface area (Å²) >= 11 is 6.38. The zero-order valence-corrected chi connectivity index (χ0v) is 16.7. The maximum atomic E-state index is 12.1. The van der Waals surface area contributed by atoms with E-state index in [1.807, 2.05) is 24.3 Å². The number of carbonyl (C=O) groups excluding carboxylic acids is 1. The van der Waals surface area contributed by atoms with Crippen LogP contribution < -0.4 is 4.74 Å². The molecular formula is C21H23ClN2O3. The van der Waals surface area contributed by atoms with Crippen LogP contribution in [0.1, 0.15) is 47.9 Å². The van der Waals surface area contributed by atoms with E-state index >= 15 is 0 Å². The molecule has 5 nitrogen and oxygen atoms in total. The minimum absolute atomic E-state index is 0.330. The van der Waals surface area contributed by atoms with Crippen molar-refractivity contribution in [2.24, 2.45) is 0 Å². The Hall–Kier alpha value is -2.53. The van der Waals surface area contributed by atoms with Crippen molar-refractivity contribution in [1.82, 2.24) is 9.55 Å². The molecule has 6 heteroatoms. The molecule has 1 unspecified atom stereocenters. The number of nitrogens with zero attached hydrogens (tertiary/aromatic N) is 2. The van der Waals surface area contributed by atoms with Crippen LogP contribution in [-0.2, 0) is 11.3 Å². The van der Waals surface area contributed by atoms with Gasteiger partial charge in [-0.15, -0.1) is 0 Å². The Morgan fingerprint density at radius 1 is 1.30 bits per heavy atom. The third-order valence-electron chi connectivity index (χ3n) is 4.92. The Bertz CT molecular complexity index is 981. The largest absolute Gasteiger partial charge is 0.495 e. The highest BCUT2D eigenvalue weighted by atomic mass is 35.5. The molecule has 3 rings (SSSR count). The molecule has 0 fully saturated rings. The maximum Gasteiger partial charge on any atom is 0.356 e. The van der Waals surface area contributed by atoms with Crippen molar-refractivity contribution in [2.75, 3.05) is 14.2 Å². The first-order valence-corrected chi connectivity index (χ1v) is 9.26. The molecule has 0 bridgehead atoms. The highest BCUT2D eigenvalue weighted by Gasteiger charge is 2.19. The zero-order chi connectivity index (χ0) is 19.6. The van der Waals surface area contributed by atoms with Gasteiger partial charge < -0.3 is 14.0 Å². The number of benzene rings is 1. The molecule has 1 aromatic carbocycles. The average molecular weight is 387 g/mol. The Labute approximate surface area is 163 Å². The summed E-state index contributed by atoms with van der Waals surface area (Å²) in [6.07, 6.45) is 2.60. The molecule has 0 saturated carbocycles. The second kappa shape index (κ2) is 8.01. The molecule has 0 aliphatic heterocycles. The SMILES string of the molecule is CCC(C)c1cc2cc(OC)c(Cl)cc2n1Cc1cccnc1C(=O)OC. The fourth-order valence-electron chi connectivity index (χ4n) is 3.25. The molecule has 0 amide bonds. The van der Waals surface area contributed by atoms with Crippen molar-refractivity contribution in [3.63, 3.8) is 0 Å². The van der Waals surface area contributed by atoms with Crippen molar-refractivity contribution in [2.45, 2.75) is 32.7 Å². The Balaban J connectivity index is 2.18. The number of hydrogen-bond acceptors (Lipinski definition) is 4. The molecule has 2 heterocycles. The Morgan fingerprint density at radius 2 is 2.07 bits per heavy atom. The Morgan fingerprint density at radius 3 is 2.74 bits per heavy atom. The summed E-state index contributed by atoms with van der Waals surface area (Å²) in [6.45, 7) is 4.85. The number of fused-ring (bicyclic) bond motifs is 1. The Kier molecular flexibility index (Phi) is 5.71. The van der Waals surface area contributed by atoms with Gasteiger partial charge in [0.1, 0.15) is 5.75 Å². The van der Waals surface area contributed by atoms with Crippen molar-refractivity contribution in [3.8, 4) is 5.75 Å². The van der Waals surface area contributed by atoms with Gasteiger partial charge in [0.2, 0.25) is 0 Å². The van der Waals surface area contributed by atoms with Gasteiger partial charge in [-0.3, -0.25) is 0 Å². The van der Waals surface area contributed by atoms with Crippen LogP contribution in [0, 0.1) is 0 Å². The summed E-state index contributed by atoms with van der Waals surface area (Å²) in [7, 11) is 2.97. The van der Waals surface area contributed by atoms with E-state index in [2.05, 4.69) is 29.5 Å². The third kappa shape index (κ3) is 3.65. The summed E-state index contributed by atoms with van der Waals surface area (Å²) in [5.74, 6) is 0.556. The lowest BCUT2D eigenvalue weighted by atomic mass is 10.0. The minimum atomic E-state index is -0.438. The molecule has 0 aliphatic carbocycles. The van der Waals surface area contributed by atoms with Crippen molar-refractivity contribution in [1.29, 1.82) is 0 Å². The molecule has 3 aromatic rings. The van der Waals surface area contributed by atoms with Crippen LogP contribution in [-0.4, -0.2) is 29.7 Å². The van der Waals surface area contributed by atoms with Crippen LogP contribution in [0.25, 0.3) is 10.9 Å². The van der Waals surface area contributed by atoms with Crippen LogP contribution in [0.5, 0.6) is 5.75 Å². The molecule has 142 valence electrons. The van der Waals surface area contributed by atoms with E-state index in [9.17, 15) is 4.79 Å². The maximum absolute atomic E-state index is 12.1. The lowest BCUT2D eigenvalue weighted by Crippen LogP contribution is -2.13. The zero-order valence-electron chi connectivity index (χ0n) is 16.0. The van der Waals surface area contributed by atoms with Crippen molar-refractivity contribution in [3.05, 3.63) is 58.5 Å². The van der Waals surface area contributed by atoms with Gasteiger partial charge in [0.05, 0.1) is 31.3 Å². The van der Waals surface area contributed by atoms with Gasteiger partial charge in [-0.05, 0) is 36.6 Å². The second-order valence-electron chi connectivity index (χ2n) is 6.51. The molecule has 0 aliphatic rings. The van der Waals surface area contributed by atoms with Gasteiger partial charge in [-0.25, -0.2) is 9.78 Å². The third-order valence-corrected chi connectivity index (χ3v) is 5.22. The molecular weight excluding hydrogens is 364 g/mol. The number of carbonyl (C=O) groups is 1. The minimum Gasteiger partial charge on any atom is -0.495 e. The van der Waals surface area contributed by atoms with Crippen molar-refractivity contribution >= 4 is 28.5 Å². The first-order chi connectivity index (χ1) is 13.0. The first-order valence-electron chi connectivity index (χ1n) is 8.89. The number of halogens is 1. The van der Waals surface area contributed by atoms with E-state index in [1.54, 1.807) is 13.3 Å². The van der Waals surface area contributed by atoms with E-state index in [0.717, 1.165) is 22.9 Å². The van der Waals surface area contributed by atoms with Gasteiger partial charge in [0.25, 0.3) is 0 Å². The van der Waals surface area contributed by atoms with Gasteiger partial charge in [-0.1, -0.05) is 31.5 Å². The molecule has 1 atom stereocenters. The van der Waals surface area contributed by atoms with Gasteiger partial charge in [-0.2, -0.15) is 0 Å². The second-order valence-corrected chi connectivity index (χ2v) is 6.92. The number of methoxy groups -OCH3 is 2. The topological polar surface area (TPSA) is 53.4 Å². The molecule has 0 spiro atoms. The van der Waals surface area contributed by atoms with Crippen LogP contribution in [0.3, 0.4) is 0 Å². The van der Waals surface area contributed by atoms with Gasteiger partial charge in [0.15, 0.2) is 5.69 Å². The predicted molar refractivity (Wildman–Crippen MR) is 107 cm³/mol. The average Bonchev–Trinajstić information content (AvgIpc) is 3.03. The van der Waals surface area contributed by atoms with Crippen LogP contribution in [0.4, 0.5) is 0 Å². The summed E-state index contributed by atoms with van der Waals surface area (Å²) in [6, 6.07) is 9.75. The fraction of sp³-hybridized carbons (Fsp3) is 0.333. The highest BCUT2D eigenvalue weighted by Crippen LogP contribution is 2.35. The number of rotatable bonds is 6. The molecule has 2 aromatic heterocycles. The standard InChI is InChI=1S/C21H23ClN2O3/c1-5-13(2)17-9-15-10-19(26-3)16(22)11-18(15)24(17)12-14-7-6-8-23-20(14)21(25)27-4/h6-11,13H,5,12H2,1-4H3. The monoisotopic (exact) mass is 386 g/mol. The lowest BCUT2D eigenvalue weighted by Gasteiger charge is -2.16. The number of esters is 1. The summed E-state index contributed by atoms with van der Waals surface area (Å²) in [4.78, 5) is 16.3. The molecule has 0 saturated heterocycles. The summed E-state index contributed by atoms with van der Waals surface area (Å²) < 4.78 is 12.4. The van der Waals surface area contributed by atoms with Crippen LogP contribution in [0.15, 0.2) is 36.5 Å². The van der Waals surface area contributed by atoms with E-state index < -0.39 is 5.97 Å². The first kappa shape index (κ1) is 19.2.